The molecule has 0 aromatic carbocycles. The molecule has 4 nitrogen and oxygen atoms in total. The van der Waals surface area contributed by atoms with Crippen molar-refractivity contribution in [2.24, 2.45) is 5.92 Å². The lowest BCUT2D eigenvalue weighted by Crippen LogP contribution is -2.44. The van der Waals surface area contributed by atoms with Crippen molar-refractivity contribution in [1.82, 2.24) is 10.0 Å². The minimum absolute atomic E-state index is 0.222. The molecule has 0 aromatic heterocycles. The second kappa shape index (κ2) is 6.16. The van der Waals surface area contributed by atoms with Crippen molar-refractivity contribution in [3.63, 3.8) is 0 Å². The molecule has 0 bridgehead atoms. The summed E-state index contributed by atoms with van der Waals surface area (Å²) in [5, 5.41) is 2.93. The van der Waals surface area contributed by atoms with Gasteiger partial charge in [0.15, 0.2) is 0 Å². The Labute approximate surface area is 105 Å². The fourth-order valence-electron chi connectivity index (χ4n) is 2.91. The predicted octanol–water partition coefficient (Wildman–Crippen LogP) is 1.24. The van der Waals surface area contributed by atoms with Crippen molar-refractivity contribution < 1.29 is 8.42 Å². The SMILES string of the molecule is O=S(=O)(NCCC1CCCC1)C1CCCNC1. The van der Waals surface area contributed by atoms with Gasteiger partial charge in [-0.3, -0.25) is 0 Å². The summed E-state index contributed by atoms with van der Waals surface area (Å²) in [7, 11) is -3.09. The normalized spacial score (nSPS) is 27.4. The molecule has 100 valence electrons. The summed E-state index contributed by atoms with van der Waals surface area (Å²) >= 11 is 0. The van der Waals surface area contributed by atoms with E-state index in [1.165, 1.54) is 25.7 Å². The Kier molecular flexibility index (Phi) is 4.82. The number of rotatable bonds is 5. The average Bonchev–Trinajstić information content (AvgIpc) is 2.83. The van der Waals surface area contributed by atoms with Gasteiger partial charge in [0.25, 0.3) is 0 Å². The fourth-order valence-corrected chi connectivity index (χ4v) is 4.36. The van der Waals surface area contributed by atoms with E-state index in [2.05, 4.69) is 10.0 Å². The number of sulfonamides is 1. The van der Waals surface area contributed by atoms with E-state index in [9.17, 15) is 8.42 Å². The van der Waals surface area contributed by atoms with Gasteiger partial charge in [0.05, 0.1) is 5.25 Å². The first-order valence-electron chi connectivity index (χ1n) is 6.88. The van der Waals surface area contributed by atoms with Crippen molar-refractivity contribution in [2.45, 2.75) is 50.2 Å². The summed E-state index contributed by atoms with van der Waals surface area (Å²) < 4.78 is 26.8. The van der Waals surface area contributed by atoms with Gasteiger partial charge in [-0.05, 0) is 31.7 Å². The van der Waals surface area contributed by atoms with Gasteiger partial charge in [0.1, 0.15) is 0 Å². The summed E-state index contributed by atoms with van der Waals surface area (Å²) in [5.74, 6) is 0.752. The molecule has 1 aliphatic carbocycles. The molecule has 0 spiro atoms. The van der Waals surface area contributed by atoms with E-state index in [0.29, 0.717) is 13.1 Å². The van der Waals surface area contributed by atoms with Crippen LogP contribution in [0.25, 0.3) is 0 Å². The number of nitrogens with one attached hydrogen (secondary N) is 2. The molecule has 1 heterocycles. The second-order valence-electron chi connectivity index (χ2n) is 5.35. The lowest BCUT2D eigenvalue weighted by Gasteiger charge is -2.23. The average molecular weight is 260 g/mol. The van der Waals surface area contributed by atoms with Gasteiger partial charge < -0.3 is 5.32 Å². The van der Waals surface area contributed by atoms with E-state index in [1.807, 2.05) is 0 Å². The van der Waals surface area contributed by atoms with Gasteiger partial charge in [-0.15, -0.1) is 0 Å². The van der Waals surface area contributed by atoms with Gasteiger partial charge in [-0.2, -0.15) is 0 Å². The Bertz CT molecular complexity index is 317. The lowest BCUT2D eigenvalue weighted by molar-refractivity contribution is 0.474. The largest absolute Gasteiger partial charge is 0.315 e. The maximum atomic E-state index is 12.0. The number of piperidine rings is 1. The Morgan fingerprint density at radius 1 is 1.12 bits per heavy atom. The molecule has 2 N–H and O–H groups in total. The minimum Gasteiger partial charge on any atom is -0.315 e. The van der Waals surface area contributed by atoms with Gasteiger partial charge in [0.2, 0.25) is 10.0 Å². The summed E-state index contributed by atoms with van der Waals surface area (Å²) in [4.78, 5) is 0. The Hall–Kier alpha value is -0.130. The van der Waals surface area contributed by atoms with E-state index in [0.717, 1.165) is 31.7 Å². The fraction of sp³-hybridized carbons (Fsp3) is 1.00. The van der Waals surface area contributed by atoms with Gasteiger partial charge in [-0.25, -0.2) is 13.1 Å². The van der Waals surface area contributed by atoms with Crippen LogP contribution in [0, 0.1) is 5.92 Å². The zero-order chi connectivity index (χ0) is 12.1. The highest BCUT2D eigenvalue weighted by molar-refractivity contribution is 7.90. The molecular weight excluding hydrogens is 236 g/mol. The highest BCUT2D eigenvalue weighted by Crippen LogP contribution is 2.27. The topological polar surface area (TPSA) is 58.2 Å². The maximum absolute atomic E-state index is 12.0. The number of hydrogen-bond acceptors (Lipinski definition) is 3. The van der Waals surface area contributed by atoms with E-state index in [4.69, 9.17) is 0 Å². The van der Waals surface area contributed by atoms with Crippen molar-refractivity contribution in [2.75, 3.05) is 19.6 Å². The highest BCUT2D eigenvalue weighted by atomic mass is 32.2. The quantitative estimate of drug-likeness (QED) is 0.782. The molecule has 2 aliphatic rings. The molecule has 1 saturated heterocycles. The van der Waals surface area contributed by atoms with E-state index >= 15 is 0 Å². The third-order valence-electron chi connectivity index (χ3n) is 4.02. The molecule has 17 heavy (non-hydrogen) atoms. The third-order valence-corrected chi connectivity index (χ3v) is 5.91. The van der Waals surface area contributed by atoms with Crippen LogP contribution in [0.1, 0.15) is 44.9 Å². The first-order chi connectivity index (χ1) is 8.18. The van der Waals surface area contributed by atoms with Crippen LogP contribution in [0.4, 0.5) is 0 Å². The van der Waals surface area contributed by atoms with Crippen LogP contribution in [0.15, 0.2) is 0 Å². The molecule has 0 radical (unpaired) electrons. The van der Waals surface area contributed by atoms with E-state index < -0.39 is 10.0 Å². The van der Waals surface area contributed by atoms with Crippen molar-refractivity contribution in [1.29, 1.82) is 0 Å². The van der Waals surface area contributed by atoms with Crippen LogP contribution in [0.3, 0.4) is 0 Å². The number of hydrogen-bond donors (Lipinski definition) is 2. The summed E-state index contributed by atoms with van der Waals surface area (Å²) in [6.07, 6.45) is 7.99. The molecule has 5 heteroatoms. The third kappa shape index (κ3) is 3.93. The van der Waals surface area contributed by atoms with Crippen molar-refractivity contribution >= 4 is 10.0 Å². The lowest BCUT2D eigenvalue weighted by atomic mass is 10.1. The van der Waals surface area contributed by atoms with E-state index in [1.54, 1.807) is 0 Å². The zero-order valence-electron chi connectivity index (χ0n) is 10.5. The Morgan fingerprint density at radius 2 is 1.88 bits per heavy atom. The molecule has 2 rings (SSSR count). The molecular formula is C12H24N2O2S. The van der Waals surface area contributed by atoms with Crippen LogP contribution < -0.4 is 10.0 Å². The van der Waals surface area contributed by atoms with Crippen LogP contribution >= 0.6 is 0 Å². The van der Waals surface area contributed by atoms with Crippen LogP contribution in [-0.4, -0.2) is 33.3 Å². The Balaban J connectivity index is 1.72. The zero-order valence-corrected chi connectivity index (χ0v) is 11.3. The Morgan fingerprint density at radius 3 is 2.53 bits per heavy atom. The first-order valence-corrected chi connectivity index (χ1v) is 8.42. The summed E-state index contributed by atoms with van der Waals surface area (Å²) in [5.41, 5.74) is 0. The molecule has 1 atom stereocenters. The van der Waals surface area contributed by atoms with E-state index in [-0.39, 0.29) is 5.25 Å². The molecule has 1 aliphatic heterocycles. The summed E-state index contributed by atoms with van der Waals surface area (Å²) in [6, 6.07) is 0. The molecule has 2 fully saturated rings. The molecule has 0 aromatic rings. The standard InChI is InChI=1S/C12H24N2O2S/c15-17(16,12-6-3-8-13-10-12)14-9-7-11-4-1-2-5-11/h11-14H,1-10H2. The minimum atomic E-state index is -3.09. The molecule has 1 unspecified atom stereocenters. The highest BCUT2D eigenvalue weighted by Gasteiger charge is 2.26. The van der Waals surface area contributed by atoms with Gasteiger partial charge >= 0.3 is 0 Å². The van der Waals surface area contributed by atoms with Gasteiger partial charge in [-0.1, -0.05) is 25.7 Å². The first kappa shape index (κ1) is 13.3. The molecule has 1 saturated carbocycles. The second-order valence-corrected chi connectivity index (χ2v) is 7.39. The van der Waals surface area contributed by atoms with Crippen LogP contribution in [0.5, 0.6) is 0 Å². The van der Waals surface area contributed by atoms with Crippen molar-refractivity contribution in [3.05, 3.63) is 0 Å². The van der Waals surface area contributed by atoms with Gasteiger partial charge in [0, 0.05) is 13.1 Å². The molecule has 0 amide bonds. The monoisotopic (exact) mass is 260 g/mol. The smallest absolute Gasteiger partial charge is 0.215 e. The summed E-state index contributed by atoms with van der Waals surface area (Å²) in [6.45, 7) is 2.19. The van der Waals surface area contributed by atoms with Crippen molar-refractivity contribution in [3.8, 4) is 0 Å². The predicted molar refractivity (Wildman–Crippen MR) is 69.4 cm³/mol. The van der Waals surface area contributed by atoms with Crippen LogP contribution in [-0.2, 0) is 10.0 Å². The van der Waals surface area contributed by atoms with Crippen LogP contribution in [0.2, 0.25) is 0 Å². The maximum Gasteiger partial charge on any atom is 0.215 e.